The van der Waals surface area contributed by atoms with Crippen LogP contribution in [0.5, 0.6) is 5.75 Å². The summed E-state index contributed by atoms with van der Waals surface area (Å²) in [5.74, 6) is 1.11. The highest BCUT2D eigenvalue weighted by Gasteiger charge is 2.25. The maximum absolute atomic E-state index is 12.7. The molecule has 0 spiro atoms. The second-order valence-electron chi connectivity index (χ2n) is 8.70. The number of benzene rings is 1. The number of pyridine rings is 1. The second-order valence-corrected chi connectivity index (χ2v) is 8.70. The van der Waals surface area contributed by atoms with Gasteiger partial charge in [0.05, 0.1) is 12.8 Å². The molecule has 1 aliphatic heterocycles. The van der Waals surface area contributed by atoms with Crippen molar-refractivity contribution in [1.29, 1.82) is 0 Å². The number of aromatic nitrogens is 3. The van der Waals surface area contributed by atoms with Gasteiger partial charge in [-0.3, -0.25) is 14.6 Å². The zero-order valence-electron chi connectivity index (χ0n) is 19.5. The molecular formula is C26H30N4O3. The van der Waals surface area contributed by atoms with E-state index >= 15 is 0 Å². The molecule has 0 saturated carbocycles. The normalized spacial score (nSPS) is 14.3. The SMILES string of the molecule is COc1cccc(Cc2cc(C)nc(C3CCN(C(=O)Cn4nc(C)ccc4=O)CC3)c2)c1. The van der Waals surface area contributed by atoms with Gasteiger partial charge in [-0.1, -0.05) is 12.1 Å². The third-order valence-electron chi connectivity index (χ3n) is 6.13. The van der Waals surface area contributed by atoms with Crippen LogP contribution in [0.3, 0.4) is 0 Å². The third kappa shape index (κ3) is 5.66. The van der Waals surface area contributed by atoms with E-state index in [1.54, 1.807) is 13.2 Å². The van der Waals surface area contributed by atoms with Gasteiger partial charge in [0, 0.05) is 36.5 Å². The Hall–Kier alpha value is -3.48. The van der Waals surface area contributed by atoms with E-state index in [1.165, 1.54) is 21.9 Å². The minimum Gasteiger partial charge on any atom is -0.497 e. The summed E-state index contributed by atoms with van der Waals surface area (Å²) in [4.78, 5) is 31.4. The molecule has 1 fully saturated rings. The summed E-state index contributed by atoms with van der Waals surface area (Å²) in [6, 6.07) is 15.6. The van der Waals surface area contributed by atoms with Gasteiger partial charge in [0.2, 0.25) is 5.91 Å². The second kappa shape index (κ2) is 9.98. The first kappa shape index (κ1) is 22.7. The van der Waals surface area contributed by atoms with Crippen LogP contribution in [0.4, 0.5) is 0 Å². The zero-order valence-corrected chi connectivity index (χ0v) is 19.5. The molecule has 0 aliphatic carbocycles. The predicted molar refractivity (Wildman–Crippen MR) is 127 cm³/mol. The summed E-state index contributed by atoms with van der Waals surface area (Å²) in [5.41, 5.74) is 5.00. The minimum absolute atomic E-state index is 0.0153. The molecule has 1 amide bonds. The standard InChI is InChI=1S/C26H30N4O3/c1-18-7-8-25(31)30(28-18)17-26(32)29-11-9-22(10-12-29)24-16-21(13-19(2)27-24)14-20-5-4-6-23(15-20)33-3/h4-8,13,15-16,22H,9-12,14,17H2,1-3H3. The molecule has 4 rings (SSSR count). The summed E-state index contributed by atoms with van der Waals surface area (Å²) in [7, 11) is 1.68. The number of rotatable bonds is 6. The lowest BCUT2D eigenvalue weighted by Gasteiger charge is -2.32. The van der Waals surface area contributed by atoms with Crippen LogP contribution < -0.4 is 10.3 Å². The Labute approximate surface area is 194 Å². The van der Waals surface area contributed by atoms with E-state index in [1.807, 2.05) is 30.9 Å². The number of nitrogens with zero attached hydrogens (tertiary/aromatic N) is 4. The molecule has 0 unspecified atom stereocenters. The van der Waals surface area contributed by atoms with Crippen molar-refractivity contribution in [3.8, 4) is 5.75 Å². The summed E-state index contributed by atoms with van der Waals surface area (Å²) in [6.45, 7) is 5.14. The molecule has 3 heterocycles. The number of likely N-dealkylation sites (tertiary alicyclic amines) is 1. The summed E-state index contributed by atoms with van der Waals surface area (Å²) < 4.78 is 6.59. The van der Waals surface area contributed by atoms with Crippen molar-refractivity contribution in [2.24, 2.45) is 0 Å². The average Bonchev–Trinajstić information content (AvgIpc) is 2.81. The first-order chi connectivity index (χ1) is 15.9. The van der Waals surface area contributed by atoms with Gasteiger partial charge in [0.25, 0.3) is 5.56 Å². The van der Waals surface area contributed by atoms with Crippen molar-refractivity contribution in [1.82, 2.24) is 19.7 Å². The fourth-order valence-electron chi connectivity index (χ4n) is 4.41. The highest BCUT2D eigenvalue weighted by atomic mass is 16.5. The van der Waals surface area contributed by atoms with Crippen molar-refractivity contribution in [2.45, 2.75) is 45.6 Å². The van der Waals surface area contributed by atoms with Crippen LogP contribution in [0.15, 0.2) is 53.3 Å². The van der Waals surface area contributed by atoms with Gasteiger partial charge < -0.3 is 9.64 Å². The highest BCUT2D eigenvalue weighted by Crippen LogP contribution is 2.28. The van der Waals surface area contributed by atoms with E-state index < -0.39 is 0 Å². The maximum atomic E-state index is 12.7. The van der Waals surface area contributed by atoms with Crippen LogP contribution in [-0.4, -0.2) is 45.8 Å². The van der Waals surface area contributed by atoms with Crippen LogP contribution in [0.2, 0.25) is 0 Å². The lowest BCUT2D eigenvalue weighted by molar-refractivity contribution is -0.133. The van der Waals surface area contributed by atoms with E-state index in [4.69, 9.17) is 9.72 Å². The Morgan fingerprint density at radius 1 is 1.03 bits per heavy atom. The molecule has 3 aromatic rings. The Morgan fingerprint density at radius 3 is 2.58 bits per heavy atom. The maximum Gasteiger partial charge on any atom is 0.267 e. The van der Waals surface area contributed by atoms with Gasteiger partial charge >= 0.3 is 0 Å². The van der Waals surface area contributed by atoms with E-state index in [-0.39, 0.29) is 18.0 Å². The molecule has 7 heteroatoms. The molecular weight excluding hydrogens is 416 g/mol. The molecule has 172 valence electrons. The van der Waals surface area contributed by atoms with E-state index in [9.17, 15) is 9.59 Å². The molecule has 1 saturated heterocycles. The molecule has 0 N–H and O–H groups in total. The number of piperidine rings is 1. The van der Waals surface area contributed by atoms with Crippen molar-refractivity contribution in [3.63, 3.8) is 0 Å². The first-order valence-electron chi connectivity index (χ1n) is 11.3. The topological polar surface area (TPSA) is 77.3 Å². The van der Waals surface area contributed by atoms with E-state index in [2.05, 4.69) is 29.4 Å². The Balaban J connectivity index is 1.40. The average molecular weight is 447 g/mol. The van der Waals surface area contributed by atoms with Crippen molar-refractivity contribution in [3.05, 3.63) is 87.1 Å². The van der Waals surface area contributed by atoms with Gasteiger partial charge in [0.15, 0.2) is 0 Å². The molecule has 1 aliphatic rings. The Kier molecular flexibility index (Phi) is 6.87. The van der Waals surface area contributed by atoms with Crippen molar-refractivity contribution < 1.29 is 9.53 Å². The number of methoxy groups -OCH3 is 1. The monoisotopic (exact) mass is 446 g/mol. The van der Waals surface area contributed by atoms with Gasteiger partial charge in [-0.2, -0.15) is 5.10 Å². The molecule has 2 aromatic heterocycles. The van der Waals surface area contributed by atoms with E-state index in [0.717, 1.165) is 42.1 Å². The summed E-state index contributed by atoms with van der Waals surface area (Å²) >= 11 is 0. The van der Waals surface area contributed by atoms with Crippen LogP contribution in [0.25, 0.3) is 0 Å². The first-order valence-corrected chi connectivity index (χ1v) is 11.3. The number of ether oxygens (including phenoxy) is 1. The fraction of sp³-hybridized carbons (Fsp3) is 0.385. The lowest BCUT2D eigenvalue weighted by atomic mass is 9.91. The predicted octanol–water partition coefficient (Wildman–Crippen LogP) is 3.26. The van der Waals surface area contributed by atoms with Gasteiger partial charge in [-0.05, 0) is 74.6 Å². The number of hydrogen-bond donors (Lipinski definition) is 0. The third-order valence-corrected chi connectivity index (χ3v) is 6.13. The fourth-order valence-corrected chi connectivity index (χ4v) is 4.41. The quantitative estimate of drug-likeness (QED) is 0.581. The molecule has 1 aromatic carbocycles. The molecule has 0 radical (unpaired) electrons. The van der Waals surface area contributed by atoms with Crippen LogP contribution in [0, 0.1) is 13.8 Å². The van der Waals surface area contributed by atoms with Crippen LogP contribution in [0.1, 0.15) is 47.0 Å². The number of hydrogen-bond acceptors (Lipinski definition) is 5. The summed E-state index contributed by atoms with van der Waals surface area (Å²) in [5, 5.41) is 4.17. The van der Waals surface area contributed by atoms with Gasteiger partial charge in [0.1, 0.15) is 12.3 Å². The van der Waals surface area contributed by atoms with Gasteiger partial charge in [-0.25, -0.2) is 4.68 Å². The molecule has 7 nitrogen and oxygen atoms in total. The smallest absolute Gasteiger partial charge is 0.267 e. The van der Waals surface area contributed by atoms with E-state index in [0.29, 0.717) is 19.0 Å². The molecule has 0 atom stereocenters. The molecule has 0 bridgehead atoms. The van der Waals surface area contributed by atoms with Crippen LogP contribution >= 0.6 is 0 Å². The number of carbonyl (C=O) groups is 1. The van der Waals surface area contributed by atoms with Crippen molar-refractivity contribution in [2.75, 3.05) is 20.2 Å². The number of aryl methyl sites for hydroxylation is 2. The Bertz CT molecular complexity index is 1200. The number of amides is 1. The van der Waals surface area contributed by atoms with Crippen LogP contribution in [-0.2, 0) is 17.8 Å². The van der Waals surface area contributed by atoms with Crippen molar-refractivity contribution >= 4 is 5.91 Å². The highest BCUT2D eigenvalue weighted by molar-refractivity contribution is 5.76. The lowest BCUT2D eigenvalue weighted by Crippen LogP contribution is -2.41. The molecule has 33 heavy (non-hydrogen) atoms. The Morgan fingerprint density at radius 2 is 1.82 bits per heavy atom. The summed E-state index contributed by atoms with van der Waals surface area (Å²) in [6.07, 6.45) is 2.54. The zero-order chi connectivity index (χ0) is 23.4. The number of carbonyl (C=O) groups excluding carboxylic acids is 1. The van der Waals surface area contributed by atoms with Gasteiger partial charge in [-0.15, -0.1) is 0 Å². The largest absolute Gasteiger partial charge is 0.497 e. The minimum atomic E-state index is -0.253.